The summed E-state index contributed by atoms with van der Waals surface area (Å²) in [5.41, 5.74) is 0. The first-order chi connectivity index (χ1) is 12.8. The zero-order valence-electron chi connectivity index (χ0n) is 15.8. The molecule has 0 atom stereocenters. The maximum absolute atomic E-state index is 10.8. The van der Waals surface area contributed by atoms with E-state index in [4.69, 9.17) is 10.2 Å². The molecule has 0 heterocycles. The number of esters is 2. The Morgan fingerprint density at radius 1 is 0.741 bits per heavy atom. The molecule has 0 saturated heterocycles. The maximum atomic E-state index is 10.8. The van der Waals surface area contributed by atoms with Crippen molar-refractivity contribution in [3.8, 4) is 0 Å². The van der Waals surface area contributed by atoms with Gasteiger partial charge in [0.1, 0.15) is 13.2 Å². The Hall–Kier alpha value is -1.84. The van der Waals surface area contributed by atoms with Crippen molar-refractivity contribution in [3.05, 3.63) is 24.3 Å². The molecule has 0 saturated carbocycles. The molecule has 8 nitrogen and oxygen atoms in total. The van der Waals surface area contributed by atoms with Crippen LogP contribution in [-0.2, 0) is 28.7 Å². The molecule has 0 rings (SSSR count). The summed E-state index contributed by atoms with van der Waals surface area (Å²) in [4.78, 5) is 41.7. The van der Waals surface area contributed by atoms with E-state index in [2.05, 4.69) is 23.3 Å². The molecule has 0 aliphatic rings. The maximum Gasteiger partial charge on any atom is 0.331 e. The molecule has 0 unspecified atom stereocenters. The third-order valence-electron chi connectivity index (χ3n) is 2.71. The SMILES string of the molecule is CCC[CH2][Sn][CH2]CCC.O=C(O)/C=C\C(=O)OCCOC(=O)/C=C/C(=O)O. The zero-order valence-corrected chi connectivity index (χ0v) is 18.7. The van der Waals surface area contributed by atoms with Gasteiger partial charge in [0.15, 0.2) is 0 Å². The second kappa shape index (κ2) is 20.5. The summed E-state index contributed by atoms with van der Waals surface area (Å²) in [6.45, 7) is 4.05. The van der Waals surface area contributed by atoms with Crippen molar-refractivity contribution in [2.75, 3.05) is 13.2 Å². The molecule has 2 radical (unpaired) electrons. The van der Waals surface area contributed by atoms with Crippen molar-refractivity contribution < 1.29 is 38.9 Å². The number of hydrogen-bond donors (Lipinski definition) is 2. The Kier molecular flexibility index (Phi) is 20.8. The average Bonchev–Trinajstić information content (AvgIpc) is 2.62. The van der Waals surface area contributed by atoms with Crippen LogP contribution in [0.2, 0.25) is 8.87 Å². The summed E-state index contributed by atoms with van der Waals surface area (Å²) in [5.74, 6) is -4.38. The number of unbranched alkanes of at least 4 members (excludes halogenated alkanes) is 2. The van der Waals surface area contributed by atoms with Gasteiger partial charge in [0.2, 0.25) is 0 Å². The van der Waals surface area contributed by atoms with Gasteiger partial charge in [-0.2, -0.15) is 0 Å². The molecule has 0 bridgehead atoms. The first kappa shape index (κ1) is 27.4. The third-order valence-corrected chi connectivity index (χ3v) is 6.75. The van der Waals surface area contributed by atoms with Gasteiger partial charge in [-0.3, -0.25) is 0 Å². The van der Waals surface area contributed by atoms with E-state index in [-0.39, 0.29) is 34.4 Å². The van der Waals surface area contributed by atoms with Gasteiger partial charge in [0.25, 0.3) is 0 Å². The largest absolute Gasteiger partial charge is 0.478 e. The molecule has 0 aliphatic carbocycles. The molecule has 27 heavy (non-hydrogen) atoms. The average molecular weight is 491 g/mol. The number of carbonyl (C=O) groups excluding carboxylic acids is 2. The van der Waals surface area contributed by atoms with Gasteiger partial charge in [-0.25, -0.2) is 19.2 Å². The predicted molar refractivity (Wildman–Crippen MR) is 101 cm³/mol. The molecule has 0 fully saturated rings. The van der Waals surface area contributed by atoms with Crippen LogP contribution in [0.25, 0.3) is 0 Å². The van der Waals surface area contributed by atoms with Crippen molar-refractivity contribution in [1.82, 2.24) is 0 Å². The van der Waals surface area contributed by atoms with Crippen LogP contribution in [0.1, 0.15) is 39.5 Å². The second-order valence-electron chi connectivity index (χ2n) is 5.14. The minimum Gasteiger partial charge on any atom is -0.478 e. The molecule has 152 valence electrons. The van der Waals surface area contributed by atoms with Crippen LogP contribution in [0.5, 0.6) is 0 Å². The van der Waals surface area contributed by atoms with E-state index in [9.17, 15) is 19.2 Å². The first-order valence-electron chi connectivity index (χ1n) is 8.69. The number of hydrogen-bond acceptors (Lipinski definition) is 6. The smallest absolute Gasteiger partial charge is 0.331 e. The van der Waals surface area contributed by atoms with Gasteiger partial charge < -0.3 is 19.7 Å². The Morgan fingerprint density at radius 2 is 1.11 bits per heavy atom. The van der Waals surface area contributed by atoms with Gasteiger partial charge in [-0.15, -0.1) is 0 Å². The molecule has 0 aromatic rings. The number of rotatable bonds is 13. The molecule has 2 N–H and O–H groups in total. The molecule has 0 amide bonds. The van der Waals surface area contributed by atoms with Crippen LogP contribution < -0.4 is 0 Å². The Morgan fingerprint density at radius 3 is 1.41 bits per heavy atom. The van der Waals surface area contributed by atoms with E-state index in [0.717, 1.165) is 0 Å². The van der Waals surface area contributed by atoms with E-state index in [1.807, 2.05) is 0 Å². The molecule has 0 aliphatic heterocycles. The van der Waals surface area contributed by atoms with Crippen LogP contribution in [0.4, 0.5) is 0 Å². The van der Waals surface area contributed by atoms with Crippen LogP contribution in [0.3, 0.4) is 0 Å². The van der Waals surface area contributed by atoms with Crippen molar-refractivity contribution in [1.29, 1.82) is 0 Å². The minimum atomic E-state index is -1.29. The summed E-state index contributed by atoms with van der Waals surface area (Å²) in [7, 11) is 0. The second-order valence-corrected chi connectivity index (χ2v) is 9.42. The van der Waals surface area contributed by atoms with Crippen LogP contribution in [0, 0.1) is 0 Å². The zero-order chi connectivity index (χ0) is 20.9. The van der Waals surface area contributed by atoms with E-state index in [1.54, 1.807) is 8.87 Å². The van der Waals surface area contributed by atoms with Crippen LogP contribution in [-0.4, -0.2) is 68.4 Å². The first-order valence-corrected chi connectivity index (χ1v) is 12.7. The number of aliphatic carboxylic acids is 2. The Bertz CT molecular complexity index is 456. The normalized spacial score (nSPS) is 10.3. The van der Waals surface area contributed by atoms with E-state index >= 15 is 0 Å². The fourth-order valence-electron chi connectivity index (χ4n) is 1.39. The number of carbonyl (C=O) groups is 4. The number of carboxylic acid groups (broad SMARTS) is 2. The van der Waals surface area contributed by atoms with Gasteiger partial charge in [0, 0.05) is 24.3 Å². The molecule has 0 aromatic carbocycles. The van der Waals surface area contributed by atoms with Crippen molar-refractivity contribution in [2.24, 2.45) is 0 Å². The number of carboxylic acids is 2. The number of ether oxygens (including phenoxy) is 2. The van der Waals surface area contributed by atoms with Crippen LogP contribution >= 0.6 is 0 Å². The Labute approximate surface area is 169 Å². The van der Waals surface area contributed by atoms with E-state index in [1.165, 1.54) is 25.7 Å². The minimum absolute atomic E-state index is 0.149. The van der Waals surface area contributed by atoms with Crippen LogP contribution in [0.15, 0.2) is 24.3 Å². The van der Waals surface area contributed by atoms with E-state index in [0.29, 0.717) is 24.3 Å². The molecule has 9 heteroatoms. The predicted octanol–water partition coefficient (Wildman–Crippen LogP) is 2.48. The summed E-state index contributed by atoms with van der Waals surface area (Å²) in [5, 5.41) is 16.4. The summed E-state index contributed by atoms with van der Waals surface area (Å²) < 4.78 is 12.2. The quantitative estimate of drug-likeness (QED) is 0.174. The van der Waals surface area contributed by atoms with Crippen molar-refractivity contribution in [3.63, 3.8) is 0 Å². The topological polar surface area (TPSA) is 127 Å². The van der Waals surface area contributed by atoms with E-state index < -0.39 is 23.9 Å². The summed E-state index contributed by atoms with van der Waals surface area (Å²) >= 11 is 0.149. The molecule has 0 aromatic heterocycles. The van der Waals surface area contributed by atoms with Gasteiger partial charge in [-0.1, -0.05) is 0 Å². The molecular formula is C18H28O8Sn. The third kappa shape index (κ3) is 26.5. The Balaban J connectivity index is 0. The van der Waals surface area contributed by atoms with Crippen molar-refractivity contribution >= 4 is 45.0 Å². The standard InChI is InChI=1S/C10H10O8.2C4H9.Sn/c11-7(12)1-3-9(15)17-5-6-18-10(16)4-2-8(13)14;2*1-3-4-2;/h1-4H,5-6H2,(H,11,12)(H,13,14);2*1,3-4H2,2H3;/b3-1-,4-2+;;;. The molecular weight excluding hydrogens is 463 g/mol. The summed E-state index contributed by atoms with van der Waals surface area (Å²) in [6.07, 6.45) is 8.45. The van der Waals surface area contributed by atoms with Gasteiger partial charge in [0.05, 0.1) is 0 Å². The van der Waals surface area contributed by atoms with Gasteiger partial charge >= 0.3 is 93.4 Å². The monoisotopic (exact) mass is 492 g/mol. The molecule has 0 spiro atoms. The van der Waals surface area contributed by atoms with Gasteiger partial charge in [-0.05, 0) is 0 Å². The van der Waals surface area contributed by atoms with Crippen molar-refractivity contribution in [2.45, 2.75) is 48.4 Å². The summed E-state index contributed by atoms with van der Waals surface area (Å²) in [6, 6.07) is 0. The fourth-order valence-corrected chi connectivity index (χ4v) is 5.55. The fraction of sp³-hybridized carbons (Fsp3) is 0.556.